The molecule has 0 bridgehead atoms. The molecular formula is C10H8NY+2. The van der Waals surface area contributed by atoms with E-state index in [9.17, 15) is 0 Å². The predicted molar refractivity (Wildman–Crippen MR) is 45.3 cm³/mol. The van der Waals surface area contributed by atoms with Crippen LogP contribution < -0.4 is 0 Å². The van der Waals surface area contributed by atoms with Crippen LogP contribution in [-0.2, 0) is 32.7 Å². The van der Waals surface area contributed by atoms with Gasteiger partial charge in [-0.1, -0.05) is 31.3 Å². The van der Waals surface area contributed by atoms with Crippen molar-refractivity contribution in [2.45, 2.75) is 6.92 Å². The number of pyridine rings is 1. The minimum absolute atomic E-state index is 0. The number of fused-ring (bicyclic) bond motifs is 1. The second kappa shape index (κ2) is 4.11. The van der Waals surface area contributed by atoms with E-state index >= 15 is 0 Å². The topological polar surface area (TPSA) is 12.9 Å². The van der Waals surface area contributed by atoms with Crippen molar-refractivity contribution in [2.75, 3.05) is 0 Å². The monoisotopic (exact) mass is 231 g/mol. The van der Waals surface area contributed by atoms with E-state index in [2.05, 4.69) is 17.1 Å². The van der Waals surface area contributed by atoms with Gasteiger partial charge in [-0.15, -0.1) is 11.5 Å². The number of rotatable bonds is 0. The van der Waals surface area contributed by atoms with Crippen molar-refractivity contribution in [1.82, 2.24) is 4.98 Å². The molecule has 0 aliphatic rings. The van der Waals surface area contributed by atoms with Crippen LogP contribution in [0.1, 0.15) is 5.56 Å². The molecule has 0 saturated carbocycles. The van der Waals surface area contributed by atoms with E-state index in [0.29, 0.717) is 0 Å². The Labute approximate surface area is 97.1 Å². The van der Waals surface area contributed by atoms with Gasteiger partial charge in [-0.3, -0.25) is 4.98 Å². The molecule has 1 nitrogen and oxygen atoms in total. The standard InChI is InChI=1S/C10H8N.Y/c1-8-6-7-11-10-5-3-2-4-9(8)10;/h2-5,7H,1H3;/q-1;+3. The van der Waals surface area contributed by atoms with Gasteiger partial charge in [0, 0.05) is 0 Å². The summed E-state index contributed by atoms with van der Waals surface area (Å²) in [5.41, 5.74) is 2.21. The van der Waals surface area contributed by atoms with Gasteiger partial charge in [-0.2, -0.15) is 0 Å². The molecule has 12 heavy (non-hydrogen) atoms. The summed E-state index contributed by atoms with van der Waals surface area (Å²) in [5.74, 6) is 0. The third-order valence-electron chi connectivity index (χ3n) is 1.79. The molecule has 0 fully saturated rings. The Hall–Kier alpha value is -0.266. The summed E-state index contributed by atoms with van der Waals surface area (Å²) in [6.45, 7) is 2.05. The molecule has 0 aliphatic heterocycles. The smallest absolute Gasteiger partial charge is 0.296 e. The first-order chi connectivity index (χ1) is 5.38. The normalized spacial score (nSPS) is 9.42. The zero-order chi connectivity index (χ0) is 7.68. The van der Waals surface area contributed by atoms with Crippen molar-refractivity contribution < 1.29 is 32.7 Å². The number of aryl methyl sites for hydroxylation is 1. The van der Waals surface area contributed by atoms with Crippen LogP contribution in [0.3, 0.4) is 0 Å². The van der Waals surface area contributed by atoms with E-state index in [-0.39, 0.29) is 32.7 Å². The van der Waals surface area contributed by atoms with Gasteiger partial charge in [-0.25, -0.2) is 11.6 Å². The van der Waals surface area contributed by atoms with Crippen LogP contribution in [0.2, 0.25) is 0 Å². The Kier molecular flexibility index (Phi) is 3.36. The summed E-state index contributed by atoms with van der Waals surface area (Å²) in [6.07, 6.45) is 1.72. The predicted octanol–water partition coefficient (Wildman–Crippen LogP) is 2.34. The molecule has 0 saturated heterocycles. The maximum absolute atomic E-state index is 4.19. The first-order valence-electron chi connectivity index (χ1n) is 3.60. The molecule has 0 spiro atoms. The molecule has 1 aromatic heterocycles. The zero-order valence-corrected chi connectivity index (χ0v) is 9.75. The van der Waals surface area contributed by atoms with E-state index in [0.717, 1.165) is 11.1 Å². The van der Waals surface area contributed by atoms with Crippen LogP contribution in [0.4, 0.5) is 0 Å². The maximum atomic E-state index is 4.19. The molecular weight excluding hydrogens is 223 g/mol. The largest absolute Gasteiger partial charge is 3.00 e. The Morgan fingerprint density at radius 1 is 1.25 bits per heavy atom. The molecule has 1 heterocycles. The van der Waals surface area contributed by atoms with Crippen molar-refractivity contribution in [3.8, 4) is 0 Å². The molecule has 2 aromatic rings. The quantitative estimate of drug-likeness (QED) is 0.634. The molecule has 2 rings (SSSR count). The first kappa shape index (κ1) is 9.82. The van der Waals surface area contributed by atoms with Crippen LogP contribution in [-0.4, -0.2) is 4.98 Å². The Morgan fingerprint density at radius 2 is 2.00 bits per heavy atom. The Balaban J connectivity index is 0.000000720. The molecule has 0 atom stereocenters. The zero-order valence-electron chi connectivity index (χ0n) is 6.91. The molecule has 0 radical (unpaired) electrons. The van der Waals surface area contributed by atoms with E-state index in [1.54, 1.807) is 6.20 Å². The molecule has 54 valence electrons. The maximum Gasteiger partial charge on any atom is 3.00 e. The molecule has 0 aliphatic carbocycles. The van der Waals surface area contributed by atoms with Crippen LogP contribution in [0, 0.1) is 13.0 Å². The SMILES string of the molecule is Cc1[c-]cnc2ccccc12.[Y+3]. The van der Waals surface area contributed by atoms with Crippen molar-refractivity contribution in [3.05, 3.63) is 42.1 Å². The van der Waals surface area contributed by atoms with Gasteiger partial charge < -0.3 is 0 Å². The van der Waals surface area contributed by atoms with E-state index in [1.807, 2.05) is 25.1 Å². The fourth-order valence-electron chi connectivity index (χ4n) is 1.18. The van der Waals surface area contributed by atoms with E-state index in [1.165, 1.54) is 5.39 Å². The van der Waals surface area contributed by atoms with Crippen molar-refractivity contribution >= 4 is 10.9 Å². The summed E-state index contributed by atoms with van der Waals surface area (Å²) in [6, 6.07) is 11.2. The second-order valence-electron chi connectivity index (χ2n) is 2.54. The number of benzene rings is 1. The second-order valence-corrected chi connectivity index (χ2v) is 2.54. The van der Waals surface area contributed by atoms with Gasteiger partial charge in [0.05, 0.1) is 0 Å². The summed E-state index contributed by atoms with van der Waals surface area (Å²) in [5, 5.41) is 1.19. The summed E-state index contributed by atoms with van der Waals surface area (Å²) >= 11 is 0. The summed E-state index contributed by atoms with van der Waals surface area (Å²) < 4.78 is 0. The van der Waals surface area contributed by atoms with Gasteiger partial charge in [0.15, 0.2) is 0 Å². The van der Waals surface area contributed by atoms with Crippen molar-refractivity contribution in [2.24, 2.45) is 0 Å². The Bertz CT molecular complexity index is 379. The van der Waals surface area contributed by atoms with Gasteiger partial charge in [0.2, 0.25) is 0 Å². The number of nitrogens with zero attached hydrogens (tertiary/aromatic N) is 1. The van der Waals surface area contributed by atoms with Crippen LogP contribution in [0.25, 0.3) is 10.9 Å². The molecule has 1 aromatic carbocycles. The van der Waals surface area contributed by atoms with Gasteiger partial charge in [0.1, 0.15) is 0 Å². The van der Waals surface area contributed by atoms with Gasteiger partial charge in [-0.05, 0) is 5.52 Å². The van der Waals surface area contributed by atoms with Gasteiger partial charge in [0.25, 0.3) is 0 Å². The van der Waals surface area contributed by atoms with E-state index < -0.39 is 0 Å². The number of hydrogen-bond acceptors (Lipinski definition) is 1. The van der Waals surface area contributed by atoms with Gasteiger partial charge >= 0.3 is 32.7 Å². The minimum atomic E-state index is 0. The van der Waals surface area contributed by atoms with Crippen LogP contribution in [0.5, 0.6) is 0 Å². The third kappa shape index (κ3) is 1.73. The van der Waals surface area contributed by atoms with Crippen LogP contribution in [0.15, 0.2) is 30.5 Å². The average Bonchev–Trinajstić information content (AvgIpc) is 2.06. The average molecular weight is 231 g/mol. The fourth-order valence-corrected chi connectivity index (χ4v) is 1.18. The summed E-state index contributed by atoms with van der Waals surface area (Å²) in [7, 11) is 0. The number of aromatic nitrogens is 1. The van der Waals surface area contributed by atoms with E-state index in [4.69, 9.17) is 0 Å². The molecule has 0 unspecified atom stereocenters. The first-order valence-corrected chi connectivity index (χ1v) is 3.60. The van der Waals surface area contributed by atoms with Crippen molar-refractivity contribution in [3.63, 3.8) is 0 Å². The Morgan fingerprint density at radius 3 is 2.75 bits per heavy atom. The summed E-state index contributed by atoms with van der Waals surface area (Å²) in [4.78, 5) is 4.19. The molecule has 0 amide bonds. The number of hydrogen-bond donors (Lipinski definition) is 0. The van der Waals surface area contributed by atoms with Crippen molar-refractivity contribution in [1.29, 1.82) is 0 Å². The minimum Gasteiger partial charge on any atom is -0.296 e. The molecule has 0 N–H and O–H groups in total. The third-order valence-corrected chi connectivity index (χ3v) is 1.79. The van der Waals surface area contributed by atoms with Crippen LogP contribution >= 0.6 is 0 Å². The molecule has 2 heteroatoms. The number of para-hydroxylation sites is 1. The fraction of sp³-hybridized carbons (Fsp3) is 0.100.